The van der Waals surface area contributed by atoms with Crippen LogP contribution in [-0.4, -0.2) is 43.7 Å². The quantitative estimate of drug-likeness (QED) is 0.378. The Balaban J connectivity index is 1.74. The minimum Gasteiger partial charge on any atom is -0.493 e. The van der Waals surface area contributed by atoms with E-state index in [1.165, 1.54) is 0 Å². The predicted octanol–water partition coefficient (Wildman–Crippen LogP) is 6.06. The molecule has 1 spiro atoms. The van der Waals surface area contributed by atoms with Gasteiger partial charge in [0, 0.05) is 33.7 Å². The van der Waals surface area contributed by atoms with E-state index in [2.05, 4.69) is 6.07 Å². The fourth-order valence-electron chi connectivity index (χ4n) is 7.04. The number of carbonyl (C=O) groups is 3. The summed E-state index contributed by atoms with van der Waals surface area (Å²) in [5.41, 5.74) is 1.93. The van der Waals surface area contributed by atoms with Crippen molar-refractivity contribution in [1.29, 1.82) is 0 Å². The highest BCUT2D eigenvalue weighted by molar-refractivity contribution is 6.32. The summed E-state index contributed by atoms with van der Waals surface area (Å²) < 4.78 is 11.5. The van der Waals surface area contributed by atoms with Crippen LogP contribution in [0.5, 0.6) is 11.5 Å². The number of hydrogen-bond acceptors (Lipinski definition) is 6. The van der Waals surface area contributed by atoms with Gasteiger partial charge in [0.05, 0.1) is 26.3 Å². The second kappa shape index (κ2) is 8.91. The third kappa shape index (κ3) is 3.31. The number of aryl methyl sites for hydroxylation is 1. The molecule has 2 aliphatic heterocycles. The molecule has 2 heterocycles. The number of anilines is 1. The van der Waals surface area contributed by atoms with Gasteiger partial charge in [-0.25, -0.2) is 0 Å². The van der Waals surface area contributed by atoms with Crippen molar-refractivity contribution in [2.45, 2.75) is 45.7 Å². The van der Waals surface area contributed by atoms with E-state index in [1.54, 1.807) is 44.6 Å². The molecule has 1 saturated heterocycles. The lowest BCUT2D eigenvalue weighted by molar-refractivity contribution is -0.127. The number of hydrogen-bond donors (Lipinski definition) is 0. The monoisotopic (exact) mass is 535 g/mol. The SMILES string of the molecule is COc1cccc([C@H]2[C@H](C(=O)C(C)(C)C)N3c4ccc(C)cc4C=CC3C23C(=O)c2ccccc2C3=O)c1OC. The van der Waals surface area contributed by atoms with Crippen molar-refractivity contribution >= 4 is 29.1 Å². The van der Waals surface area contributed by atoms with E-state index in [-0.39, 0.29) is 17.3 Å². The van der Waals surface area contributed by atoms with E-state index in [0.29, 0.717) is 28.2 Å². The molecule has 3 atom stereocenters. The summed E-state index contributed by atoms with van der Waals surface area (Å²) in [6, 6.07) is 17.0. The number of rotatable bonds is 4. The summed E-state index contributed by atoms with van der Waals surface area (Å²) in [5.74, 6) is -0.513. The van der Waals surface area contributed by atoms with E-state index in [4.69, 9.17) is 9.47 Å². The third-order valence-corrected chi connectivity index (χ3v) is 8.74. The molecule has 1 unspecified atom stereocenters. The van der Waals surface area contributed by atoms with Gasteiger partial charge >= 0.3 is 0 Å². The Hall–Kier alpha value is -4.19. The smallest absolute Gasteiger partial charge is 0.180 e. The fraction of sp³-hybridized carbons (Fsp3) is 0.324. The molecule has 0 radical (unpaired) electrons. The van der Waals surface area contributed by atoms with Crippen LogP contribution in [0.3, 0.4) is 0 Å². The molecule has 6 nitrogen and oxygen atoms in total. The van der Waals surface area contributed by atoms with Gasteiger partial charge in [0.25, 0.3) is 0 Å². The molecule has 0 aromatic heterocycles. The third-order valence-electron chi connectivity index (χ3n) is 8.74. The first kappa shape index (κ1) is 26.1. The highest BCUT2D eigenvalue weighted by atomic mass is 16.5. The minimum atomic E-state index is -1.58. The van der Waals surface area contributed by atoms with E-state index < -0.39 is 28.8 Å². The maximum atomic E-state index is 14.7. The summed E-state index contributed by atoms with van der Waals surface area (Å²) in [5, 5.41) is 0. The molecule has 0 bridgehead atoms. The van der Waals surface area contributed by atoms with Crippen molar-refractivity contribution in [3.63, 3.8) is 0 Å². The molecule has 3 aliphatic rings. The van der Waals surface area contributed by atoms with Crippen LogP contribution in [0, 0.1) is 17.8 Å². The van der Waals surface area contributed by atoms with Gasteiger partial charge in [0.15, 0.2) is 28.8 Å². The molecule has 0 saturated carbocycles. The minimum absolute atomic E-state index is 0.0531. The van der Waals surface area contributed by atoms with Crippen molar-refractivity contribution in [3.8, 4) is 11.5 Å². The van der Waals surface area contributed by atoms with Gasteiger partial charge in [-0.1, -0.05) is 81.0 Å². The summed E-state index contributed by atoms with van der Waals surface area (Å²) in [6.07, 6.45) is 3.93. The molecular formula is C34H33NO5. The molecule has 40 heavy (non-hydrogen) atoms. The zero-order valence-corrected chi connectivity index (χ0v) is 23.6. The van der Waals surface area contributed by atoms with Gasteiger partial charge in [0.2, 0.25) is 0 Å². The Labute approximate surface area is 234 Å². The molecule has 1 aliphatic carbocycles. The number of nitrogens with zero attached hydrogens (tertiary/aromatic N) is 1. The van der Waals surface area contributed by atoms with E-state index in [0.717, 1.165) is 16.8 Å². The first-order chi connectivity index (χ1) is 19.1. The van der Waals surface area contributed by atoms with Crippen molar-refractivity contribution in [3.05, 3.63) is 94.6 Å². The second-order valence-electron chi connectivity index (χ2n) is 12.0. The Kier molecular flexibility index (Phi) is 5.81. The topological polar surface area (TPSA) is 72.9 Å². The molecule has 3 aromatic rings. The van der Waals surface area contributed by atoms with Crippen molar-refractivity contribution in [1.82, 2.24) is 0 Å². The predicted molar refractivity (Wildman–Crippen MR) is 155 cm³/mol. The van der Waals surface area contributed by atoms with Gasteiger partial charge < -0.3 is 14.4 Å². The van der Waals surface area contributed by atoms with Crippen LogP contribution in [0.25, 0.3) is 6.08 Å². The Morgan fingerprint density at radius 3 is 2.17 bits per heavy atom. The number of benzene rings is 3. The van der Waals surface area contributed by atoms with E-state index >= 15 is 0 Å². The van der Waals surface area contributed by atoms with Gasteiger partial charge in [-0.05, 0) is 30.7 Å². The number of ketones is 3. The van der Waals surface area contributed by atoms with Crippen LogP contribution >= 0.6 is 0 Å². The lowest BCUT2D eigenvalue weighted by Crippen LogP contribution is -2.49. The average molecular weight is 536 g/mol. The Morgan fingerprint density at radius 2 is 1.57 bits per heavy atom. The standard InChI is InChI=1S/C34H33NO5/c1-19-14-16-24-20(18-19)15-17-26-34(30(36)21-10-7-8-11-22(21)31(34)37)27(28(35(24)26)32(38)33(2,3)4)23-12-9-13-25(39-5)29(23)40-6/h7-18,26-28H,1-6H3/t26?,27-,28+/m0/s1. The van der Waals surface area contributed by atoms with Crippen LogP contribution < -0.4 is 14.4 Å². The lowest BCUT2D eigenvalue weighted by atomic mass is 9.63. The van der Waals surface area contributed by atoms with Crippen molar-refractivity contribution in [2.24, 2.45) is 10.8 Å². The number of para-hydroxylation sites is 1. The van der Waals surface area contributed by atoms with Gasteiger partial charge in [0.1, 0.15) is 5.41 Å². The zero-order valence-electron chi connectivity index (χ0n) is 23.6. The molecule has 6 rings (SSSR count). The largest absolute Gasteiger partial charge is 0.493 e. The summed E-state index contributed by atoms with van der Waals surface area (Å²) >= 11 is 0. The van der Waals surface area contributed by atoms with Gasteiger partial charge in [-0.3, -0.25) is 14.4 Å². The van der Waals surface area contributed by atoms with E-state index in [1.807, 2.05) is 69.0 Å². The molecule has 204 valence electrons. The van der Waals surface area contributed by atoms with Crippen LogP contribution in [-0.2, 0) is 4.79 Å². The Bertz CT molecular complexity index is 1580. The number of fused-ring (bicyclic) bond motifs is 5. The highest BCUT2D eigenvalue weighted by Crippen LogP contribution is 2.62. The van der Waals surface area contributed by atoms with Crippen molar-refractivity contribution < 1.29 is 23.9 Å². The maximum Gasteiger partial charge on any atom is 0.180 e. The van der Waals surface area contributed by atoms with Crippen LogP contribution in [0.2, 0.25) is 0 Å². The molecule has 6 heteroatoms. The van der Waals surface area contributed by atoms with E-state index in [9.17, 15) is 14.4 Å². The zero-order chi connectivity index (χ0) is 28.6. The number of ether oxygens (including phenoxy) is 2. The van der Waals surface area contributed by atoms with Crippen LogP contribution in [0.4, 0.5) is 5.69 Å². The second-order valence-corrected chi connectivity index (χ2v) is 12.0. The molecule has 0 amide bonds. The Morgan fingerprint density at radius 1 is 0.900 bits per heavy atom. The molecule has 1 fully saturated rings. The lowest BCUT2D eigenvalue weighted by Gasteiger charge is -2.38. The number of methoxy groups -OCH3 is 2. The first-order valence-electron chi connectivity index (χ1n) is 13.6. The summed E-state index contributed by atoms with van der Waals surface area (Å²) in [7, 11) is 3.10. The van der Waals surface area contributed by atoms with Crippen LogP contribution in [0.1, 0.15) is 64.1 Å². The fourth-order valence-corrected chi connectivity index (χ4v) is 7.04. The first-order valence-corrected chi connectivity index (χ1v) is 13.6. The molecule has 0 N–H and O–H groups in total. The van der Waals surface area contributed by atoms with Gasteiger partial charge in [-0.15, -0.1) is 0 Å². The summed E-state index contributed by atoms with van der Waals surface area (Å²) in [6.45, 7) is 7.68. The van der Waals surface area contributed by atoms with Gasteiger partial charge in [-0.2, -0.15) is 0 Å². The summed E-state index contributed by atoms with van der Waals surface area (Å²) in [4.78, 5) is 46.1. The number of carbonyl (C=O) groups excluding carboxylic acids is 3. The van der Waals surface area contributed by atoms with Crippen LogP contribution in [0.15, 0.2) is 66.7 Å². The average Bonchev–Trinajstić information content (AvgIpc) is 3.37. The molecular weight excluding hydrogens is 502 g/mol. The highest BCUT2D eigenvalue weighted by Gasteiger charge is 2.72. The molecule has 3 aromatic carbocycles. The normalized spacial score (nSPS) is 22.2. The number of Topliss-reactive ketones (excluding diaryl/α,β-unsaturated/α-hetero) is 3. The van der Waals surface area contributed by atoms with Crippen molar-refractivity contribution in [2.75, 3.05) is 19.1 Å². The maximum absolute atomic E-state index is 14.7.